The predicted octanol–water partition coefficient (Wildman–Crippen LogP) is 4.65. The fourth-order valence-electron chi connectivity index (χ4n) is 6.62. The van der Waals surface area contributed by atoms with Crippen LogP contribution in [0.3, 0.4) is 0 Å². The number of piperidine rings is 2. The van der Waals surface area contributed by atoms with E-state index in [-0.39, 0.29) is 17.2 Å². The first-order chi connectivity index (χ1) is 17.7. The third-order valence-corrected chi connectivity index (χ3v) is 8.58. The lowest BCUT2D eigenvalue weighted by Crippen LogP contribution is -2.48. The lowest BCUT2D eigenvalue weighted by molar-refractivity contribution is -0.128. The van der Waals surface area contributed by atoms with Crippen molar-refractivity contribution in [3.05, 3.63) is 70.3 Å². The topological polar surface area (TPSA) is 55.8 Å². The quantitative estimate of drug-likeness (QED) is 0.576. The number of hydrogen-bond acceptors (Lipinski definition) is 4. The first kappa shape index (κ1) is 25.9. The number of nitrogens with zero attached hydrogens (tertiary/aromatic N) is 2. The number of aliphatic hydroxyl groups excluding tert-OH is 1. The summed E-state index contributed by atoms with van der Waals surface area (Å²) in [4.78, 5) is 16.7. The number of aryl methyl sites for hydroxylation is 2. The van der Waals surface area contributed by atoms with E-state index in [2.05, 4.69) is 36.2 Å². The fourth-order valence-corrected chi connectivity index (χ4v) is 6.62. The molecular weight excluding hydrogens is 472 g/mol. The standard InChI is InChI=1S/C30H37F2N3O2/c1-20-13-21(2)29-26(14-20)33-19-30(29)7-11-34(12-8-30)18-27(36)23-5-9-35(10-6-23)28(37)4-3-22-15-24(31)17-25(32)16-22/h3-4,13-17,23,27,33,36H,5-12,18-19H2,1-2H3. The van der Waals surface area contributed by atoms with Gasteiger partial charge in [0, 0.05) is 49.4 Å². The molecule has 1 unspecified atom stereocenters. The maximum absolute atomic E-state index is 13.4. The Morgan fingerprint density at radius 2 is 1.76 bits per heavy atom. The Morgan fingerprint density at radius 3 is 2.43 bits per heavy atom. The van der Waals surface area contributed by atoms with Crippen molar-refractivity contribution in [3.63, 3.8) is 0 Å². The SMILES string of the molecule is Cc1cc(C)c2c(c1)NCC21CCN(CC(O)C2CCN(C(=O)C=Cc3cc(F)cc(F)c3)CC2)CC1. The minimum atomic E-state index is -0.666. The molecule has 7 heteroatoms. The Labute approximate surface area is 218 Å². The van der Waals surface area contributed by atoms with Crippen LogP contribution in [0.25, 0.3) is 6.08 Å². The zero-order valence-electron chi connectivity index (χ0n) is 21.8. The summed E-state index contributed by atoms with van der Waals surface area (Å²) >= 11 is 0. The average Bonchev–Trinajstić information content (AvgIpc) is 3.21. The van der Waals surface area contributed by atoms with Crippen LogP contribution >= 0.6 is 0 Å². The smallest absolute Gasteiger partial charge is 0.246 e. The third-order valence-electron chi connectivity index (χ3n) is 8.58. The third kappa shape index (κ3) is 5.58. The molecule has 37 heavy (non-hydrogen) atoms. The van der Waals surface area contributed by atoms with Gasteiger partial charge in [-0.15, -0.1) is 0 Å². The number of fused-ring (bicyclic) bond motifs is 2. The molecule has 198 valence electrons. The van der Waals surface area contributed by atoms with E-state index in [4.69, 9.17) is 0 Å². The Hall–Kier alpha value is -2.77. The summed E-state index contributed by atoms with van der Waals surface area (Å²) in [6.07, 6.45) is 6.10. The number of nitrogens with one attached hydrogen (secondary N) is 1. The first-order valence-corrected chi connectivity index (χ1v) is 13.4. The van der Waals surface area contributed by atoms with E-state index < -0.39 is 17.7 Å². The van der Waals surface area contributed by atoms with Crippen molar-refractivity contribution in [2.24, 2.45) is 5.92 Å². The average molecular weight is 510 g/mol. The summed E-state index contributed by atoms with van der Waals surface area (Å²) in [6, 6.07) is 7.76. The molecule has 1 spiro atoms. The summed E-state index contributed by atoms with van der Waals surface area (Å²) in [7, 11) is 0. The fraction of sp³-hybridized carbons (Fsp3) is 0.500. The van der Waals surface area contributed by atoms with Gasteiger partial charge in [0.05, 0.1) is 6.10 Å². The van der Waals surface area contributed by atoms with E-state index in [9.17, 15) is 18.7 Å². The molecule has 2 aromatic rings. The number of amides is 1. The van der Waals surface area contributed by atoms with Crippen LogP contribution in [0.5, 0.6) is 0 Å². The molecule has 5 rings (SSSR count). The second-order valence-corrected chi connectivity index (χ2v) is 11.2. The van der Waals surface area contributed by atoms with Crippen LogP contribution in [0.4, 0.5) is 14.5 Å². The number of anilines is 1. The monoisotopic (exact) mass is 509 g/mol. The van der Waals surface area contributed by atoms with Gasteiger partial charge >= 0.3 is 0 Å². The van der Waals surface area contributed by atoms with Crippen molar-refractivity contribution in [3.8, 4) is 0 Å². The normalized spacial score (nSPS) is 20.8. The number of hydrogen-bond donors (Lipinski definition) is 2. The van der Waals surface area contributed by atoms with Crippen molar-refractivity contribution >= 4 is 17.7 Å². The van der Waals surface area contributed by atoms with Crippen LogP contribution < -0.4 is 5.32 Å². The minimum Gasteiger partial charge on any atom is -0.392 e. The Balaban J connectivity index is 1.09. The van der Waals surface area contributed by atoms with Crippen molar-refractivity contribution in [2.45, 2.75) is 51.0 Å². The highest BCUT2D eigenvalue weighted by Gasteiger charge is 2.43. The predicted molar refractivity (Wildman–Crippen MR) is 142 cm³/mol. The maximum atomic E-state index is 13.4. The molecule has 0 aliphatic carbocycles. The number of β-amino-alcohol motifs (C(OH)–C–C–N with tert-alkyl or cyclic N) is 1. The largest absolute Gasteiger partial charge is 0.392 e. The Kier molecular flexibility index (Phi) is 7.37. The van der Waals surface area contributed by atoms with Crippen LogP contribution in [0.15, 0.2) is 36.4 Å². The Bertz CT molecular complexity index is 1160. The molecule has 2 saturated heterocycles. The first-order valence-electron chi connectivity index (χ1n) is 13.4. The van der Waals surface area contributed by atoms with Gasteiger partial charge in [-0.25, -0.2) is 8.78 Å². The van der Waals surface area contributed by atoms with Gasteiger partial charge in [0.2, 0.25) is 5.91 Å². The molecule has 5 nitrogen and oxygen atoms in total. The highest BCUT2D eigenvalue weighted by atomic mass is 19.1. The number of carbonyl (C=O) groups excluding carboxylic acids is 1. The molecule has 0 bridgehead atoms. The van der Waals surface area contributed by atoms with Crippen molar-refractivity contribution in [2.75, 3.05) is 44.6 Å². The summed E-state index contributed by atoms with van der Waals surface area (Å²) in [5.74, 6) is -1.34. The number of carbonyl (C=O) groups is 1. The molecule has 0 saturated carbocycles. The molecule has 2 N–H and O–H groups in total. The van der Waals surface area contributed by atoms with Crippen molar-refractivity contribution in [1.82, 2.24) is 9.80 Å². The molecular formula is C30H37F2N3O2. The molecule has 1 atom stereocenters. The highest BCUT2D eigenvalue weighted by Crippen LogP contribution is 2.46. The Morgan fingerprint density at radius 1 is 1.08 bits per heavy atom. The van der Waals surface area contributed by atoms with Gasteiger partial charge in [-0.3, -0.25) is 4.79 Å². The number of halogens is 2. The second-order valence-electron chi connectivity index (χ2n) is 11.2. The van der Waals surface area contributed by atoms with Gasteiger partial charge in [-0.1, -0.05) is 6.07 Å². The number of benzene rings is 2. The molecule has 0 aromatic heterocycles. The van der Waals surface area contributed by atoms with Crippen molar-refractivity contribution in [1.29, 1.82) is 0 Å². The maximum Gasteiger partial charge on any atom is 0.246 e. The molecule has 2 fully saturated rings. The molecule has 3 aliphatic heterocycles. The van der Waals surface area contributed by atoms with Crippen LogP contribution in [-0.4, -0.2) is 66.2 Å². The summed E-state index contributed by atoms with van der Waals surface area (Å²) in [5.41, 5.74) is 5.99. The van der Waals surface area contributed by atoms with Gasteiger partial charge in [0.15, 0.2) is 0 Å². The van der Waals surface area contributed by atoms with Crippen molar-refractivity contribution < 1.29 is 18.7 Å². The zero-order valence-corrected chi connectivity index (χ0v) is 21.8. The molecule has 1 amide bonds. The van der Waals surface area contributed by atoms with Gasteiger partial charge in [0.1, 0.15) is 11.6 Å². The van der Waals surface area contributed by atoms with E-state index in [0.29, 0.717) is 25.2 Å². The van der Waals surface area contributed by atoms with E-state index in [0.717, 1.165) is 51.4 Å². The van der Waals surface area contributed by atoms with Gasteiger partial charge in [0.25, 0.3) is 0 Å². The van der Waals surface area contributed by atoms with E-state index >= 15 is 0 Å². The lowest BCUT2D eigenvalue weighted by atomic mass is 9.72. The summed E-state index contributed by atoms with van der Waals surface area (Å²) in [6.45, 7) is 9.16. The number of likely N-dealkylation sites (tertiary alicyclic amines) is 2. The molecule has 3 aliphatic rings. The van der Waals surface area contributed by atoms with E-state index in [1.165, 1.54) is 46.7 Å². The summed E-state index contributed by atoms with van der Waals surface area (Å²) in [5, 5.41) is 14.6. The molecule has 2 aromatic carbocycles. The van der Waals surface area contributed by atoms with Gasteiger partial charge in [-0.05, 0) is 105 Å². The second kappa shape index (κ2) is 10.5. The number of aliphatic hydroxyl groups is 1. The van der Waals surface area contributed by atoms with Crippen LogP contribution in [-0.2, 0) is 10.2 Å². The van der Waals surface area contributed by atoms with Crippen LogP contribution in [0, 0.1) is 31.4 Å². The number of rotatable bonds is 5. The molecule has 0 radical (unpaired) electrons. The highest BCUT2D eigenvalue weighted by molar-refractivity contribution is 5.91. The van der Waals surface area contributed by atoms with E-state index in [1.54, 1.807) is 4.90 Å². The van der Waals surface area contributed by atoms with Crippen LogP contribution in [0.2, 0.25) is 0 Å². The lowest BCUT2D eigenvalue weighted by Gasteiger charge is -2.42. The van der Waals surface area contributed by atoms with E-state index in [1.807, 2.05) is 0 Å². The summed E-state index contributed by atoms with van der Waals surface area (Å²) < 4.78 is 26.7. The van der Waals surface area contributed by atoms with Crippen LogP contribution in [0.1, 0.15) is 47.9 Å². The van der Waals surface area contributed by atoms with Gasteiger partial charge in [-0.2, -0.15) is 0 Å². The zero-order chi connectivity index (χ0) is 26.2. The van der Waals surface area contributed by atoms with Gasteiger partial charge < -0.3 is 20.2 Å². The minimum absolute atomic E-state index is 0.167. The molecule has 3 heterocycles.